The summed E-state index contributed by atoms with van der Waals surface area (Å²) in [6, 6.07) is 6.48. The Labute approximate surface area is 118 Å². The molecule has 2 aromatic heterocycles. The zero-order valence-corrected chi connectivity index (χ0v) is 12.9. The number of nitrogens with zero attached hydrogens (tertiary/aromatic N) is 1. The number of nitrogens with two attached hydrogens (primary N) is 1. The first-order chi connectivity index (χ1) is 8.17. The minimum Gasteiger partial charge on any atom is -0.326 e. The number of hydrogen-bond donors (Lipinski definition) is 1. The summed E-state index contributed by atoms with van der Waals surface area (Å²) in [5.41, 5.74) is 5.61. The largest absolute Gasteiger partial charge is 0.326 e. The van der Waals surface area contributed by atoms with E-state index in [4.69, 9.17) is 5.73 Å². The fourth-order valence-electron chi connectivity index (χ4n) is 1.64. The maximum Gasteiger partial charge on any atom is 0.0329 e. The number of halogens is 1. The lowest BCUT2D eigenvalue weighted by molar-refractivity contribution is 0.325. The molecule has 0 aromatic carbocycles. The third-order valence-electron chi connectivity index (χ3n) is 2.39. The first-order valence-corrected chi connectivity index (χ1v) is 7.85. The molecule has 0 saturated carbocycles. The highest BCUT2D eigenvalue weighted by atomic mass is 79.9. The van der Waals surface area contributed by atoms with Gasteiger partial charge >= 0.3 is 0 Å². The van der Waals surface area contributed by atoms with Crippen molar-refractivity contribution in [1.82, 2.24) is 4.90 Å². The van der Waals surface area contributed by atoms with Gasteiger partial charge in [0, 0.05) is 44.1 Å². The fraction of sp³-hybridized carbons (Fsp3) is 0.333. The third-order valence-corrected chi connectivity index (χ3v) is 5.17. The van der Waals surface area contributed by atoms with Crippen molar-refractivity contribution in [2.24, 2.45) is 5.73 Å². The standard InChI is InChI=1S/C12H15BrN2S2/c1-15(7-12-4-9(13)8-16-12)6-11-3-2-10(5-14)17-11/h2-4,8H,5-7,14H2,1H3. The summed E-state index contributed by atoms with van der Waals surface area (Å²) >= 11 is 7.08. The summed E-state index contributed by atoms with van der Waals surface area (Å²) in [7, 11) is 2.15. The second-order valence-corrected chi connectivity index (χ2v) is 7.14. The van der Waals surface area contributed by atoms with Gasteiger partial charge in [-0.15, -0.1) is 22.7 Å². The van der Waals surface area contributed by atoms with Crippen molar-refractivity contribution >= 4 is 38.6 Å². The molecule has 2 nitrogen and oxygen atoms in total. The lowest BCUT2D eigenvalue weighted by Gasteiger charge is -2.14. The average Bonchev–Trinajstić information content (AvgIpc) is 2.88. The minimum absolute atomic E-state index is 0.645. The molecule has 0 bridgehead atoms. The van der Waals surface area contributed by atoms with Crippen molar-refractivity contribution in [1.29, 1.82) is 0 Å². The van der Waals surface area contributed by atoms with Crippen LogP contribution in [0.15, 0.2) is 28.1 Å². The van der Waals surface area contributed by atoms with E-state index >= 15 is 0 Å². The Morgan fingerprint density at radius 3 is 2.53 bits per heavy atom. The molecule has 0 aliphatic rings. The van der Waals surface area contributed by atoms with E-state index in [1.54, 1.807) is 22.7 Å². The predicted molar refractivity (Wildman–Crippen MR) is 79.4 cm³/mol. The van der Waals surface area contributed by atoms with Crippen LogP contribution in [-0.4, -0.2) is 11.9 Å². The molecule has 0 aliphatic heterocycles. The summed E-state index contributed by atoms with van der Waals surface area (Å²) in [6.45, 7) is 2.62. The van der Waals surface area contributed by atoms with Crippen LogP contribution in [0.3, 0.4) is 0 Å². The van der Waals surface area contributed by atoms with E-state index in [1.807, 2.05) is 0 Å². The quantitative estimate of drug-likeness (QED) is 0.906. The first kappa shape index (κ1) is 13.2. The van der Waals surface area contributed by atoms with Crippen molar-refractivity contribution in [3.63, 3.8) is 0 Å². The van der Waals surface area contributed by atoms with Crippen molar-refractivity contribution in [2.75, 3.05) is 7.05 Å². The fourth-order valence-corrected chi connectivity index (χ4v) is 4.15. The van der Waals surface area contributed by atoms with Crippen LogP contribution in [-0.2, 0) is 19.6 Å². The van der Waals surface area contributed by atoms with Crippen LogP contribution in [0.25, 0.3) is 0 Å². The number of rotatable bonds is 5. The Kier molecular flexibility index (Phi) is 4.76. The zero-order valence-electron chi connectivity index (χ0n) is 9.65. The van der Waals surface area contributed by atoms with Gasteiger partial charge in [0.25, 0.3) is 0 Å². The third kappa shape index (κ3) is 3.89. The maximum absolute atomic E-state index is 5.61. The summed E-state index contributed by atoms with van der Waals surface area (Å²) in [5.74, 6) is 0. The molecule has 92 valence electrons. The molecule has 0 spiro atoms. The van der Waals surface area contributed by atoms with Gasteiger partial charge in [-0.1, -0.05) is 0 Å². The van der Waals surface area contributed by atoms with Crippen LogP contribution in [0.2, 0.25) is 0 Å². The van der Waals surface area contributed by atoms with Crippen molar-refractivity contribution in [3.05, 3.63) is 42.7 Å². The van der Waals surface area contributed by atoms with Gasteiger partial charge in [0.15, 0.2) is 0 Å². The molecule has 5 heteroatoms. The van der Waals surface area contributed by atoms with Crippen LogP contribution in [0, 0.1) is 0 Å². The second-order valence-electron chi connectivity index (χ2n) is 3.98. The molecule has 2 aromatic rings. The Hall–Kier alpha value is -0.200. The molecule has 0 aliphatic carbocycles. The molecule has 0 unspecified atom stereocenters. The van der Waals surface area contributed by atoms with E-state index in [0.29, 0.717) is 6.54 Å². The van der Waals surface area contributed by atoms with Gasteiger partial charge in [-0.25, -0.2) is 0 Å². The molecule has 0 amide bonds. The second kappa shape index (κ2) is 6.11. The Bertz CT molecular complexity index is 478. The van der Waals surface area contributed by atoms with Gasteiger partial charge in [-0.2, -0.15) is 0 Å². The van der Waals surface area contributed by atoms with Gasteiger partial charge in [0.2, 0.25) is 0 Å². The normalized spacial score (nSPS) is 11.3. The summed E-state index contributed by atoms with van der Waals surface area (Å²) < 4.78 is 1.17. The van der Waals surface area contributed by atoms with E-state index < -0.39 is 0 Å². The molecule has 2 heterocycles. The highest BCUT2D eigenvalue weighted by molar-refractivity contribution is 9.10. The van der Waals surface area contributed by atoms with E-state index in [0.717, 1.165) is 13.1 Å². The Balaban J connectivity index is 1.90. The summed E-state index contributed by atoms with van der Waals surface area (Å²) in [5, 5.41) is 2.13. The smallest absolute Gasteiger partial charge is 0.0329 e. The number of thiophene rings is 2. The van der Waals surface area contributed by atoms with Crippen LogP contribution >= 0.6 is 38.6 Å². The molecule has 2 N–H and O–H groups in total. The molecule has 0 atom stereocenters. The van der Waals surface area contributed by atoms with Crippen molar-refractivity contribution in [3.8, 4) is 0 Å². The average molecular weight is 331 g/mol. The highest BCUT2D eigenvalue weighted by Gasteiger charge is 2.06. The van der Waals surface area contributed by atoms with Gasteiger partial charge < -0.3 is 5.73 Å². The van der Waals surface area contributed by atoms with E-state index in [2.05, 4.69) is 51.5 Å². The van der Waals surface area contributed by atoms with Gasteiger partial charge in [-0.3, -0.25) is 4.90 Å². The van der Waals surface area contributed by atoms with Crippen LogP contribution < -0.4 is 5.73 Å². The minimum atomic E-state index is 0.645. The van der Waals surface area contributed by atoms with Crippen LogP contribution in [0.5, 0.6) is 0 Å². The molecular weight excluding hydrogens is 316 g/mol. The topological polar surface area (TPSA) is 29.3 Å². The predicted octanol–water partition coefficient (Wildman–Crippen LogP) is 3.66. The molecular formula is C12H15BrN2S2. The molecule has 0 fully saturated rings. The van der Waals surface area contributed by atoms with Gasteiger partial charge in [0.1, 0.15) is 0 Å². The SMILES string of the molecule is CN(Cc1cc(Br)cs1)Cc1ccc(CN)s1. The summed E-state index contributed by atoms with van der Waals surface area (Å²) in [6.07, 6.45) is 0. The van der Waals surface area contributed by atoms with Crippen molar-refractivity contribution in [2.45, 2.75) is 19.6 Å². The molecule has 2 rings (SSSR count). The molecule has 0 saturated heterocycles. The van der Waals surface area contributed by atoms with E-state index in [9.17, 15) is 0 Å². The van der Waals surface area contributed by atoms with Crippen LogP contribution in [0.1, 0.15) is 14.6 Å². The monoisotopic (exact) mass is 330 g/mol. The van der Waals surface area contributed by atoms with Crippen LogP contribution in [0.4, 0.5) is 0 Å². The molecule has 17 heavy (non-hydrogen) atoms. The molecule has 0 radical (unpaired) electrons. The van der Waals surface area contributed by atoms with Gasteiger partial charge in [-0.05, 0) is 41.2 Å². The van der Waals surface area contributed by atoms with Gasteiger partial charge in [0.05, 0.1) is 0 Å². The number of hydrogen-bond acceptors (Lipinski definition) is 4. The Morgan fingerprint density at radius 1 is 1.24 bits per heavy atom. The maximum atomic E-state index is 5.61. The van der Waals surface area contributed by atoms with E-state index in [-0.39, 0.29) is 0 Å². The van der Waals surface area contributed by atoms with Crippen molar-refractivity contribution < 1.29 is 0 Å². The highest BCUT2D eigenvalue weighted by Crippen LogP contribution is 2.22. The summed E-state index contributed by atoms with van der Waals surface area (Å²) in [4.78, 5) is 6.34. The Morgan fingerprint density at radius 2 is 1.94 bits per heavy atom. The first-order valence-electron chi connectivity index (χ1n) is 5.36. The lowest BCUT2D eigenvalue weighted by Crippen LogP contribution is -2.15. The van der Waals surface area contributed by atoms with E-state index in [1.165, 1.54) is 19.1 Å². The zero-order chi connectivity index (χ0) is 12.3. The lowest BCUT2D eigenvalue weighted by atomic mass is 10.4.